The van der Waals surface area contributed by atoms with Gasteiger partial charge in [-0.3, -0.25) is 4.79 Å². The number of piperidine rings is 1. The van der Waals surface area contributed by atoms with E-state index in [1.54, 1.807) is 0 Å². The first-order valence-electron chi connectivity index (χ1n) is 7.15. The van der Waals surface area contributed by atoms with Crippen molar-refractivity contribution in [2.45, 2.75) is 64.5 Å². The molecule has 1 saturated heterocycles. The number of likely N-dealkylation sites (tertiary alicyclic amines) is 1. The number of fused-ring (bicyclic) bond motifs is 1. The maximum absolute atomic E-state index is 12.4. The van der Waals surface area contributed by atoms with Gasteiger partial charge in [-0.05, 0) is 43.9 Å². The van der Waals surface area contributed by atoms with Crippen molar-refractivity contribution in [1.29, 1.82) is 0 Å². The molecule has 1 saturated carbocycles. The molecule has 0 aromatic rings. The van der Waals surface area contributed by atoms with Gasteiger partial charge in [0.2, 0.25) is 5.91 Å². The Morgan fingerprint density at radius 2 is 2.00 bits per heavy atom. The van der Waals surface area contributed by atoms with Crippen LogP contribution in [0.15, 0.2) is 0 Å². The van der Waals surface area contributed by atoms with Gasteiger partial charge in [-0.15, -0.1) is 0 Å². The summed E-state index contributed by atoms with van der Waals surface area (Å²) in [5, 5.41) is 0. The third-order valence-electron chi connectivity index (χ3n) is 4.32. The molecule has 17 heavy (non-hydrogen) atoms. The minimum absolute atomic E-state index is 0.204. The van der Waals surface area contributed by atoms with Gasteiger partial charge in [-0.2, -0.15) is 0 Å². The van der Waals surface area contributed by atoms with Crippen LogP contribution in [-0.2, 0) is 4.79 Å². The fourth-order valence-corrected chi connectivity index (χ4v) is 3.55. The van der Waals surface area contributed by atoms with Gasteiger partial charge in [0.25, 0.3) is 0 Å². The van der Waals surface area contributed by atoms with Crippen LogP contribution in [0.3, 0.4) is 0 Å². The van der Waals surface area contributed by atoms with Gasteiger partial charge in [-0.25, -0.2) is 0 Å². The van der Waals surface area contributed by atoms with Crippen LogP contribution in [0.4, 0.5) is 0 Å². The van der Waals surface area contributed by atoms with Crippen molar-refractivity contribution in [3.05, 3.63) is 0 Å². The van der Waals surface area contributed by atoms with E-state index in [4.69, 9.17) is 5.73 Å². The summed E-state index contributed by atoms with van der Waals surface area (Å²) in [5.74, 6) is 1.47. The Morgan fingerprint density at radius 3 is 2.71 bits per heavy atom. The van der Waals surface area contributed by atoms with Crippen LogP contribution in [0.2, 0.25) is 0 Å². The molecule has 3 atom stereocenters. The van der Waals surface area contributed by atoms with Crippen LogP contribution in [0.25, 0.3) is 0 Å². The van der Waals surface area contributed by atoms with Crippen molar-refractivity contribution >= 4 is 5.91 Å². The predicted octanol–water partition coefficient (Wildman–Crippen LogP) is 2.15. The molecule has 0 bridgehead atoms. The van der Waals surface area contributed by atoms with Crippen molar-refractivity contribution in [3.8, 4) is 0 Å². The summed E-state index contributed by atoms with van der Waals surface area (Å²) in [6.45, 7) is 5.19. The number of nitrogens with two attached hydrogens (primary N) is 1. The molecule has 0 aromatic carbocycles. The van der Waals surface area contributed by atoms with E-state index in [0.29, 0.717) is 12.0 Å². The van der Waals surface area contributed by atoms with Crippen molar-refractivity contribution in [1.82, 2.24) is 4.90 Å². The standard InChI is InChI=1S/C14H26N2O/c1-10(2)9-12(15)14(17)16-8-4-6-11-5-3-7-13(11)16/h10-13H,3-9,15H2,1-2H3/t11?,12-,13?/m0/s1. The summed E-state index contributed by atoms with van der Waals surface area (Å²) < 4.78 is 0. The first-order valence-corrected chi connectivity index (χ1v) is 7.15. The zero-order valence-corrected chi connectivity index (χ0v) is 11.2. The molecule has 1 amide bonds. The highest BCUT2D eigenvalue weighted by molar-refractivity contribution is 5.82. The Hall–Kier alpha value is -0.570. The van der Waals surface area contributed by atoms with E-state index in [9.17, 15) is 4.79 Å². The molecular weight excluding hydrogens is 212 g/mol. The van der Waals surface area contributed by atoms with Crippen molar-refractivity contribution < 1.29 is 4.79 Å². The number of amides is 1. The van der Waals surface area contributed by atoms with Crippen molar-refractivity contribution in [2.24, 2.45) is 17.6 Å². The second-order valence-corrected chi connectivity index (χ2v) is 6.17. The van der Waals surface area contributed by atoms with Crippen molar-refractivity contribution in [3.63, 3.8) is 0 Å². The molecule has 0 aromatic heterocycles. The maximum atomic E-state index is 12.4. The maximum Gasteiger partial charge on any atom is 0.239 e. The molecule has 3 nitrogen and oxygen atoms in total. The summed E-state index contributed by atoms with van der Waals surface area (Å²) in [6.07, 6.45) is 7.10. The quantitative estimate of drug-likeness (QED) is 0.819. The molecule has 1 heterocycles. The minimum atomic E-state index is -0.283. The number of hydrogen-bond donors (Lipinski definition) is 1. The molecule has 3 heteroatoms. The zero-order chi connectivity index (χ0) is 12.4. The molecule has 2 rings (SSSR count). The van der Waals surface area contributed by atoms with Crippen LogP contribution in [0.5, 0.6) is 0 Å². The van der Waals surface area contributed by atoms with E-state index in [-0.39, 0.29) is 11.9 Å². The molecule has 98 valence electrons. The van der Waals surface area contributed by atoms with Gasteiger partial charge in [0.1, 0.15) is 0 Å². The average molecular weight is 238 g/mol. The van der Waals surface area contributed by atoms with E-state index in [1.807, 2.05) is 0 Å². The second kappa shape index (κ2) is 5.38. The first-order chi connectivity index (χ1) is 8.09. The molecule has 2 fully saturated rings. The second-order valence-electron chi connectivity index (χ2n) is 6.17. The molecule has 1 aliphatic carbocycles. The van der Waals surface area contributed by atoms with Gasteiger partial charge < -0.3 is 10.6 Å². The average Bonchev–Trinajstić information content (AvgIpc) is 2.74. The summed E-state index contributed by atoms with van der Waals surface area (Å²) >= 11 is 0. The van der Waals surface area contributed by atoms with Gasteiger partial charge in [0.15, 0.2) is 0 Å². The smallest absolute Gasteiger partial charge is 0.239 e. The lowest BCUT2D eigenvalue weighted by Gasteiger charge is -2.39. The highest BCUT2D eigenvalue weighted by Gasteiger charge is 2.38. The lowest BCUT2D eigenvalue weighted by atomic mass is 9.91. The van der Waals surface area contributed by atoms with E-state index >= 15 is 0 Å². The number of carbonyl (C=O) groups excluding carboxylic acids is 1. The van der Waals surface area contributed by atoms with E-state index in [1.165, 1.54) is 32.1 Å². The number of carbonyl (C=O) groups is 1. The van der Waals surface area contributed by atoms with Gasteiger partial charge >= 0.3 is 0 Å². The summed E-state index contributed by atoms with van der Waals surface area (Å²) in [6, 6.07) is 0.226. The van der Waals surface area contributed by atoms with E-state index in [0.717, 1.165) is 18.9 Å². The summed E-state index contributed by atoms with van der Waals surface area (Å²) in [5.41, 5.74) is 6.04. The Kier molecular flexibility index (Phi) is 4.08. The minimum Gasteiger partial charge on any atom is -0.338 e. The first kappa shape index (κ1) is 12.9. The van der Waals surface area contributed by atoms with Crippen LogP contribution in [-0.4, -0.2) is 29.4 Å². The van der Waals surface area contributed by atoms with E-state index < -0.39 is 0 Å². The normalized spacial score (nSPS) is 30.5. The molecule has 0 spiro atoms. The highest BCUT2D eigenvalue weighted by atomic mass is 16.2. The largest absolute Gasteiger partial charge is 0.338 e. The molecule has 2 unspecified atom stereocenters. The van der Waals surface area contributed by atoms with Crippen LogP contribution in [0, 0.1) is 11.8 Å². The van der Waals surface area contributed by atoms with Gasteiger partial charge in [0, 0.05) is 12.6 Å². The SMILES string of the molecule is CC(C)C[C@H](N)C(=O)N1CCCC2CCCC21. The lowest BCUT2D eigenvalue weighted by Crippen LogP contribution is -2.52. The Bertz CT molecular complexity index is 277. The zero-order valence-electron chi connectivity index (χ0n) is 11.2. The van der Waals surface area contributed by atoms with E-state index in [2.05, 4.69) is 18.7 Å². The highest BCUT2D eigenvalue weighted by Crippen LogP contribution is 2.37. The third-order valence-corrected chi connectivity index (χ3v) is 4.32. The van der Waals surface area contributed by atoms with Crippen LogP contribution in [0.1, 0.15) is 52.4 Å². The molecule has 0 radical (unpaired) electrons. The topological polar surface area (TPSA) is 46.3 Å². The third kappa shape index (κ3) is 2.82. The summed E-state index contributed by atoms with van der Waals surface area (Å²) in [4.78, 5) is 14.5. The number of rotatable bonds is 3. The Balaban J connectivity index is 1.98. The molecule has 2 N–H and O–H groups in total. The van der Waals surface area contributed by atoms with Crippen LogP contribution >= 0.6 is 0 Å². The summed E-state index contributed by atoms with van der Waals surface area (Å²) in [7, 11) is 0. The molecule has 2 aliphatic rings. The Labute approximate surface area is 105 Å². The number of nitrogens with zero attached hydrogens (tertiary/aromatic N) is 1. The van der Waals surface area contributed by atoms with Gasteiger partial charge in [-0.1, -0.05) is 20.3 Å². The molecule has 1 aliphatic heterocycles. The van der Waals surface area contributed by atoms with Crippen molar-refractivity contribution in [2.75, 3.05) is 6.54 Å². The fraction of sp³-hybridized carbons (Fsp3) is 0.929. The number of hydrogen-bond acceptors (Lipinski definition) is 2. The Morgan fingerprint density at radius 1 is 1.29 bits per heavy atom. The monoisotopic (exact) mass is 238 g/mol. The predicted molar refractivity (Wildman–Crippen MR) is 69.5 cm³/mol. The molecular formula is C14H26N2O. The fourth-order valence-electron chi connectivity index (χ4n) is 3.55. The van der Waals surface area contributed by atoms with Gasteiger partial charge in [0.05, 0.1) is 6.04 Å². The lowest BCUT2D eigenvalue weighted by molar-refractivity contribution is -0.137. The van der Waals surface area contributed by atoms with Crippen LogP contribution < -0.4 is 5.73 Å².